The van der Waals surface area contributed by atoms with Crippen molar-refractivity contribution in [2.45, 2.75) is 6.54 Å². The van der Waals surface area contributed by atoms with E-state index in [1.165, 1.54) is 16.5 Å². The molecule has 3 nitrogen and oxygen atoms in total. The van der Waals surface area contributed by atoms with E-state index in [2.05, 4.69) is 58.4 Å². The largest absolute Gasteiger partial charge is 0.381 e. The molecule has 0 fully saturated rings. The zero-order valence-electron chi connectivity index (χ0n) is 10.3. The van der Waals surface area contributed by atoms with Crippen LogP contribution in [0.15, 0.2) is 55.0 Å². The Balaban J connectivity index is 1.79. The fourth-order valence-electron chi connectivity index (χ4n) is 2.10. The van der Waals surface area contributed by atoms with Gasteiger partial charge in [-0.25, -0.2) is 0 Å². The molecular weight excluding hydrogens is 222 g/mol. The number of pyridine rings is 1. The van der Waals surface area contributed by atoms with Gasteiger partial charge in [-0.3, -0.25) is 4.98 Å². The topological polar surface area (TPSA) is 29.9 Å². The molecule has 1 aromatic carbocycles. The predicted octanol–water partition coefficient (Wildman–Crippen LogP) is 3.19. The lowest BCUT2D eigenvalue weighted by Crippen LogP contribution is -1.99. The quantitative estimate of drug-likeness (QED) is 0.758. The van der Waals surface area contributed by atoms with Gasteiger partial charge in [0.2, 0.25) is 0 Å². The molecule has 0 spiro atoms. The standard InChI is InChI=1S/C15H15N3/c1-18-8-6-13-9-14(4-5-15(13)18)17-11-12-3-2-7-16-10-12/h2-10,17H,11H2,1H3. The summed E-state index contributed by atoms with van der Waals surface area (Å²) in [6.07, 6.45) is 5.75. The Bertz CT molecular complexity index is 656. The van der Waals surface area contributed by atoms with Gasteiger partial charge in [-0.1, -0.05) is 6.07 Å². The third kappa shape index (κ3) is 2.07. The van der Waals surface area contributed by atoms with Crippen molar-refractivity contribution in [1.29, 1.82) is 0 Å². The number of hydrogen-bond donors (Lipinski definition) is 1. The Labute approximate surface area is 106 Å². The van der Waals surface area contributed by atoms with Gasteiger partial charge in [0.25, 0.3) is 0 Å². The van der Waals surface area contributed by atoms with E-state index in [1.54, 1.807) is 6.20 Å². The molecule has 0 aliphatic carbocycles. The van der Waals surface area contributed by atoms with Crippen LogP contribution in [-0.4, -0.2) is 9.55 Å². The number of hydrogen-bond acceptors (Lipinski definition) is 2. The van der Waals surface area contributed by atoms with Crippen LogP contribution in [0.5, 0.6) is 0 Å². The van der Waals surface area contributed by atoms with Crippen LogP contribution in [0, 0.1) is 0 Å². The maximum atomic E-state index is 4.11. The number of rotatable bonds is 3. The lowest BCUT2D eigenvalue weighted by Gasteiger charge is -2.06. The minimum Gasteiger partial charge on any atom is -0.381 e. The Morgan fingerprint density at radius 2 is 2.17 bits per heavy atom. The van der Waals surface area contributed by atoms with Gasteiger partial charge >= 0.3 is 0 Å². The molecule has 3 aromatic rings. The fourth-order valence-corrected chi connectivity index (χ4v) is 2.10. The highest BCUT2D eigenvalue weighted by atomic mass is 14.9. The van der Waals surface area contributed by atoms with Gasteiger partial charge in [-0.15, -0.1) is 0 Å². The molecule has 0 aliphatic heterocycles. The van der Waals surface area contributed by atoms with Crippen molar-refractivity contribution in [1.82, 2.24) is 9.55 Å². The first-order valence-electron chi connectivity index (χ1n) is 6.01. The summed E-state index contributed by atoms with van der Waals surface area (Å²) < 4.78 is 2.13. The van der Waals surface area contributed by atoms with Crippen molar-refractivity contribution in [3.63, 3.8) is 0 Å². The van der Waals surface area contributed by atoms with Crippen molar-refractivity contribution in [2.75, 3.05) is 5.32 Å². The molecule has 0 unspecified atom stereocenters. The van der Waals surface area contributed by atoms with E-state index in [9.17, 15) is 0 Å². The van der Waals surface area contributed by atoms with Crippen LogP contribution < -0.4 is 5.32 Å². The second-order valence-corrected chi connectivity index (χ2v) is 4.42. The molecule has 0 saturated heterocycles. The van der Waals surface area contributed by atoms with Crippen LogP contribution in [0.4, 0.5) is 5.69 Å². The minimum absolute atomic E-state index is 0.798. The lowest BCUT2D eigenvalue weighted by atomic mass is 10.2. The molecule has 0 bridgehead atoms. The Morgan fingerprint density at radius 3 is 3.00 bits per heavy atom. The highest BCUT2D eigenvalue weighted by Crippen LogP contribution is 2.20. The van der Waals surface area contributed by atoms with E-state index >= 15 is 0 Å². The normalized spacial score (nSPS) is 10.7. The molecule has 0 aliphatic rings. The molecule has 0 atom stereocenters. The molecule has 0 radical (unpaired) electrons. The Kier molecular flexibility index (Phi) is 2.73. The van der Waals surface area contributed by atoms with Crippen LogP contribution in [0.1, 0.15) is 5.56 Å². The summed E-state index contributed by atoms with van der Waals surface area (Å²) in [6.45, 7) is 0.798. The monoisotopic (exact) mass is 237 g/mol. The van der Waals surface area contributed by atoms with Gasteiger partial charge in [0, 0.05) is 48.8 Å². The van der Waals surface area contributed by atoms with Crippen molar-refractivity contribution in [3.8, 4) is 0 Å². The number of anilines is 1. The second kappa shape index (κ2) is 4.53. The second-order valence-electron chi connectivity index (χ2n) is 4.42. The number of aryl methyl sites for hydroxylation is 1. The third-order valence-corrected chi connectivity index (χ3v) is 3.10. The van der Waals surface area contributed by atoms with E-state index < -0.39 is 0 Å². The first-order valence-corrected chi connectivity index (χ1v) is 6.01. The van der Waals surface area contributed by atoms with E-state index in [1.807, 2.05) is 12.3 Å². The number of fused-ring (bicyclic) bond motifs is 1. The van der Waals surface area contributed by atoms with Crippen LogP contribution in [0.2, 0.25) is 0 Å². The van der Waals surface area contributed by atoms with Crippen LogP contribution in [0.25, 0.3) is 10.9 Å². The number of nitrogens with one attached hydrogen (secondary N) is 1. The van der Waals surface area contributed by atoms with Crippen molar-refractivity contribution in [3.05, 3.63) is 60.6 Å². The number of benzene rings is 1. The molecule has 3 rings (SSSR count). The van der Waals surface area contributed by atoms with Crippen molar-refractivity contribution < 1.29 is 0 Å². The summed E-state index contributed by atoms with van der Waals surface area (Å²) in [6, 6.07) is 12.6. The van der Waals surface area contributed by atoms with Crippen LogP contribution >= 0.6 is 0 Å². The average Bonchev–Trinajstić information content (AvgIpc) is 2.79. The van der Waals surface area contributed by atoms with Crippen LogP contribution in [-0.2, 0) is 13.6 Å². The molecule has 3 heteroatoms. The first-order chi connectivity index (χ1) is 8.83. The lowest BCUT2D eigenvalue weighted by molar-refractivity contribution is 0.969. The summed E-state index contributed by atoms with van der Waals surface area (Å²) in [5, 5.41) is 4.67. The molecular formula is C15H15N3. The van der Waals surface area contributed by atoms with Gasteiger partial charge in [0.1, 0.15) is 0 Å². The van der Waals surface area contributed by atoms with Crippen molar-refractivity contribution >= 4 is 16.6 Å². The van der Waals surface area contributed by atoms with Crippen LogP contribution in [0.3, 0.4) is 0 Å². The smallest absolute Gasteiger partial charge is 0.0479 e. The fraction of sp³-hybridized carbons (Fsp3) is 0.133. The maximum Gasteiger partial charge on any atom is 0.0479 e. The Hall–Kier alpha value is -2.29. The highest BCUT2D eigenvalue weighted by Gasteiger charge is 1.99. The number of nitrogens with zero attached hydrogens (tertiary/aromatic N) is 2. The average molecular weight is 237 g/mol. The van der Waals surface area contributed by atoms with Gasteiger partial charge in [0.15, 0.2) is 0 Å². The summed E-state index contributed by atoms with van der Waals surface area (Å²) in [7, 11) is 2.06. The van der Waals surface area contributed by atoms with E-state index in [-0.39, 0.29) is 0 Å². The molecule has 2 aromatic heterocycles. The third-order valence-electron chi connectivity index (χ3n) is 3.10. The SMILES string of the molecule is Cn1ccc2cc(NCc3cccnc3)ccc21. The highest BCUT2D eigenvalue weighted by molar-refractivity contribution is 5.83. The summed E-state index contributed by atoms with van der Waals surface area (Å²) in [4.78, 5) is 4.11. The summed E-state index contributed by atoms with van der Waals surface area (Å²) in [5.74, 6) is 0. The van der Waals surface area contributed by atoms with Gasteiger partial charge < -0.3 is 9.88 Å². The van der Waals surface area contributed by atoms with Crippen molar-refractivity contribution in [2.24, 2.45) is 7.05 Å². The summed E-state index contributed by atoms with van der Waals surface area (Å²) in [5.41, 5.74) is 3.57. The zero-order chi connectivity index (χ0) is 12.4. The Morgan fingerprint density at radius 1 is 1.22 bits per heavy atom. The van der Waals surface area contributed by atoms with E-state index in [0.29, 0.717) is 0 Å². The molecule has 0 amide bonds. The van der Waals surface area contributed by atoms with Gasteiger partial charge in [-0.2, -0.15) is 0 Å². The van der Waals surface area contributed by atoms with E-state index in [0.717, 1.165) is 12.2 Å². The predicted molar refractivity (Wildman–Crippen MR) is 74.5 cm³/mol. The molecule has 90 valence electrons. The molecule has 18 heavy (non-hydrogen) atoms. The first kappa shape index (κ1) is 10.8. The van der Waals surface area contributed by atoms with Gasteiger partial charge in [-0.05, 0) is 35.9 Å². The molecule has 2 heterocycles. The maximum absolute atomic E-state index is 4.11. The molecule has 1 N–H and O–H groups in total. The zero-order valence-corrected chi connectivity index (χ0v) is 10.3. The number of aromatic nitrogens is 2. The molecule has 0 saturated carbocycles. The minimum atomic E-state index is 0.798. The summed E-state index contributed by atoms with van der Waals surface area (Å²) >= 11 is 0. The van der Waals surface area contributed by atoms with Gasteiger partial charge in [0.05, 0.1) is 0 Å². The van der Waals surface area contributed by atoms with E-state index in [4.69, 9.17) is 0 Å².